The summed E-state index contributed by atoms with van der Waals surface area (Å²) in [6, 6.07) is 5.08. The van der Waals surface area contributed by atoms with Gasteiger partial charge in [0.15, 0.2) is 6.61 Å². The van der Waals surface area contributed by atoms with Crippen molar-refractivity contribution < 1.29 is 9.53 Å². The molecule has 4 nitrogen and oxygen atoms in total. The number of benzene rings is 1. The van der Waals surface area contributed by atoms with E-state index in [4.69, 9.17) is 22.1 Å². The Kier molecular flexibility index (Phi) is 5.44. The maximum atomic E-state index is 11.5. The highest BCUT2D eigenvalue weighted by Gasteiger charge is 2.11. The number of nitrogens with two attached hydrogens (primary N) is 1. The SMILES string of the molecule is CC(C)NC(=O)COc1ccc(Cl)cc1[C@@H](C)N. The normalized spacial score (nSPS) is 12.3. The van der Waals surface area contributed by atoms with E-state index in [0.717, 1.165) is 5.56 Å². The maximum Gasteiger partial charge on any atom is 0.258 e. The third kappa shape index (κ3) is 4.55. The molecular weight excluding hydrogens is 252 g/mol. The average molecular weight is 271 g/mol. The molecule has 1 atom stereocenters. The van der Waals surface area contributed by atoms with Gasteiger partial charge in [-0.05, 0) is 39.0 Å². The molecular formula is C13H19ClN2O2. The van der Waals surface area contributed by atoms with E-state index in [1.165, 1.54) is 0 Å². The van der Waals surface area contributed by atoms with Crippen LogP contribution in [0.2, 0.25) is 5.02 Å². The molecule has 0 unspecified atom stereocenters. The zero-order valence-corrected chi connectivity index (χ0v) is 11.6. The van der Waals surface area contributed by atoms with Crippen LogP contribution in [-0.2, 0) is 4.79 Å². The van der Waals surface area contributed by atoms with E-state index >= 15 is 0 Å². The van der Waals surface area contributed by atoms with E-state index < -0.39 is 0 Å². The number of ether oxygens (including phenoxy) is 1. The Morgan fingerprint density at radius 2 is 2.11 bits per heavy atom. The third-order valence-electron chi connectivity index (χ3n) is 2.27. The van der Waals surface area contributed by atoms with Crippen LogP contribution in [0, 0.1) is 0 Å². The summed E-state index contributed by atoms with van der Waals surface area (Å²) in [5, 5.41) is 3.35. The van der Waals surface area contributed by atoms with Gasteiger partial charge in [0.2, 0.25) is 0 Å². The number of nitrogens with one attached hydrogen (secondary N) is 1. The molecule has 0 radical (unpaired) electrons. The zero-order chi connectivity index (χ0) is 13.7. The first kappa shape index (κ1) is 14.8. The zero-order valence-electron chi connectivity index (χ0n) is 10.9. The molecule has 1 rings (SSSR count). The maximum absolute atomic E-state index is 11.5. The van der Waals surface area contributed by atoms with Crippen LogP contribution in [0.25, 0.3) is 0 Å². The van der Waals surface area contributed by atoms with Crippen LogP contribution < -0.4 is 15.8 Å². The Balaban J connectivity index is 2.70. The third-order valence-corrected chi connectivity index (χ3v) is 2.51. The van der Waals surface area contributed by atoms with Gasteiger partial charge in [-0.25, -0.2) is 0 Å². The highest BCUT2D eigenvalue weighted by Crippen LogP contribution is 2.27. The van der Waals surface area contributed by atoms with Crippen LogP contribution in [0.15, 0.2) is 18.2 Å². The lowest BCUT2D eigenvalue weighted by atomic mass is 10.1. The molecule has 1 aromatic rings. The summed E-state index contributed by atoms with van der Waals surface area (Å²) in [6.07, 6.45) is 0. The molecule has 18 heavy (non-hydrogen) atoms. The minimum absolute atomic E-state index is 0.0282. The predicted octanol–water partition coefficient (Wildman–Crippen LogP) is 2.26. The summed E-state index contributed by atoms with van der Waals surface area (Å²) in [6.45, 7) is 5.60. The molecule has 0 heterocycles. The Hall–Kier alpha value is -1.26. The first-order valence-electron chi connectivity index (χ1n) is 5.87. The second-order valence-electron chi connectivity index (χ2n) is 4.48. The van der Waals surface area contributed by atoms with Gasteiger partial charge in [0.25, 0.3) is 5.91 Å². The average Bonchev–Trinajstić information content (AvgIpc) is 2.26. The Labute approximate surface area is 112 Å². The lowest BCUT2D eigenvalue weighted by Crippen LogP contribution is -2.34. The number of carbonyl (C=O) groups is 1. The van der Waals surface area contributed by atoms with Gasteiger partial charge >= 0.3 is 0 Å². The van der Waals surface area contributed by atoms with Crippen LogP contribution in [-0.4, -0.2) is 18.6 Å². The molecule has 0 bridgehead atoms. The monoisotopic (exact) mass is 270 g/mol. The molecule has 5 heteroatoms. The van der Waals surface area contributed by atoms with Crippen molar-refractivity contribution in [3.63, 3.8) is 0 Å². The number of halogens is 1. The molecule has 1 amide bonds. The highest BCUT2D eigenvalue weighted by atomic mass is 35.5. The van der Waals surface area contributed by atoms with Gasteiger partial charge in [0.05, 0.1) is 0 Å². The summed E-state index contributed by atoms with van der Waals surface area (Å²) in [7, 11) is 0. The number of amides is 1. The largest absolute Gasteiger partial charge is 0.483 e. The van der Waals surface area contributed by atoms with Crippen molar-refractivity contribution in [1.29, 1.82) is 0 Å². The first-order valence-corrected chi connectivity index (χ1v) is 6.25. The highest BCUT2D eigenvalue weighted by molar-refractivity contribution is 6.30. The molecule has 0 saturated heterocycles. The minimum atomic E-state index is -0.202. The summed E-state index contributed by atoms with van der Waals surface area (Å²) in [5.74, 6) is 0.434. The van der Waals surface area contributed by atoms with Crippen molar-refractivity contribution in [2.24, 2.45) is 5.73 Å². The van der Waals surface area contributed by atoms with Gasteiger partial charge in [0, 0.05) is 22.7 Å². The van der Waals surface area contributed by atoms with Crippen LogP contribution in [0.1, 0.15) is 32.4 Å². The Bertz CT molecular complexity index is 419. The van der Waals surface area contributed by atoms with E-state index in [1.54, 1.807) is 18.2 Å². The molecule has 0 spiro atoms. The Morgan fingerprint density at radius 3 is 2.67 bits per heavy atom. The van der Waals surface area contributed by atoms with Crippen LogP contribution in [0.5, 0.6) is 5.75 Å². The molecule has 0 aliphatic rings. The quantitative estimate of drug-likeness (QED) is 0.863. The lowest BCUT2D eigenvalue weighted by molar-refractivity contribution is -0.123. The minimum Gasteiger partial charge on any atom is -0.483 e. The van der Waals surface area contributed by atoms with E-state index in [-0.39, 0.29) is 24.6 Å². The van der Waals surface area contributed by atoms with Crippen LogP contribution in [0.3, 0.4) is 0 Å². The fourth-order valence-corrected chi connectivity index (χ4v) is 1.69. The van der Waals surface area contributed by atoms with E-state index in [0.29, 0.717) is 10.8 Å². The summed E-state index contributed by atoms with van der Waals surface area (Å²) in [5.41, 5.74) is 6.62. The summed E-state index contributed by atoms with van der Waals surface area (Å²) < 4.78 is 5.47. The van der Waals surface area contributed by atoms with Gasteiger partial charge < -0.3 is 15.8 Å². The number of hydrogen-bond donors (Lipinski definition) is 2. The van der Waals surface area contributed by atoms with Gasteiger partial charge in [-0.15, -0.1) is 0 Å². The van der Waals surface area contributed by atoms with Crippen LogP contribution >= 0.6 is 11.6 Å². The molecule has 0 aliphatic heterocycles. The van der Waals surface area contributed by atoms with E-state index in [9.17, 15) is 4.79 Å². The molecule has 0 fully saturated rings. The van der Waals surface area contributed by atoms with E-state index in [1.807, 2.05) is 20.8 Å². The molecule has 0 saturated carbocycles. The standard InChI is InChI=1S/C13H19ClN2O2/c1-8(2)16-13(17)7-18-12-5-4-10(14)6-11(12)9(3)15/h4-6,8-9H,7,15H2,1-3H3,(H,16,17)/t9-/m1/s1. The van der Waals surface area contributed by atoms with Gasteiger partial charge in [-0.1, -0.05) is 11.6 Å². The fourth-order valence-electron chi connectivity index (χ4n) is 1.51. The van der Waals surface area contributed by atoms with Gasteiger partial charge in [-0.2, -0.15) is 0 Å². The molecule has 1 aromatic carbocycles. The molecule has 0 aliphatic carbocycles. The summed E-state index contributed by atoms with van der Waals surface area (Å²) >= 11 is 5.90. The van der Waals surface area contributed by atoms with Gasteiger partial charge in [-0.3, -0.25) is 4.79 Å². The molecule has 0 aromatic heterocycles. The Morgan fingerprint density at radius 1 is 1.44 bits per heavy atom. The predicted molar refractivity (Wildman–Crippen MR) is 72.8 cm³/mol. The summed E-state index contributed by atoms with van der Waals surface area (Å²) in [4.78, 5) is 11.5. The van der Waals surface area contributed by atoms with E-state index in [2.05, 4.69) is 5.32 Å². The lowest BCUT2D eigenvalue weighted by Gasteiger charge is -2.15. The molecule has 100 valence electrons. The first-order chi connectivity index (χ1) is 8.40. The van der Waals surface area contributed by atoms with Gasteiger partial charge in [0.1, 0.15) is 5.75 Å². The second kappa shape index (κ2) is 6.61. The second-order valence-corrected chi connectivity index (χ2v) is 4.92. The van der Waals surface area contributed by atoms with Crippen molar-refractivity contribution >= 4 is 17.5 Å². The van der Waals surface area contributed by atoms with Crippen molar-refractivity contribution in [2.75, 3.05) is 6.61 Å². The smallest absolute Gasteiger partial charge is 0.258 e. The number of hydrogen-bond acceptors (Lipinski definition) is 3. The fraction of sp³-hybridized carbons (Fsp3) is 0.462. The number of rotatable bonds is 5. The number of carbonyl (C=O) groups excluding carboxylic acids is 1. The van der Waals surface area contributed by atoms with Crippen molar-refractivity contribution in [2.45, 2.75) is 32.9 Å². The molecule has 3 N–H and O–H groups in total. The van der Waals surface area contributed by atoms with Crippen molar-refractivity contribution in [1.82, 2.24) is 5.32 Å². The van der Waals surface area contributed by atoms with Crippen molar-refractivity contribution in [3.8, 4) is 5.75 Å². The van der Waals surface area contributed by atoms with Crippen molar-refractivity contribution in [3.05, 3.63) is 28.8 Å². The van der Waals surface area contributed by atoms with Crippen LogP contribution in [0.4, 0.5) is 0 Å². The topological polar surface area (TPSA) is 64.3 Å².